The highest BCUT2D eigenvalue weighted by atomic mass is 35.5. The number of aliphatic hydroxyl groups excluding tert-OH is 1. The van der Waals surface area contributed by atoms with Gasteiger partial charge in [-0.05, 0) is 65.3 Å². The van der Waals surface area contributed by atoms with Gasteiger partial charge in [0.05, 0.1) is 12.1 Å². The quantitative estimate of drug-likeness (QED) is 0.172. The second-order valence-electron chi connectivity index (χ2n) is 12.5. The molecule has 232 valence electrons. The van der Waals surface area contributed by atoms with E-state index < -0.39 is 41.5 Å². The standard InChI is InChI=1S/C37H36Cl2N2O4/c1-22(2)16-19-30-37(28-18-17-27(39)21-29(28)40-36(37)45)31(25-14-9-15-26(38)20-25)33(35(43)44)41(30)32(23-10-5-3-6-11-23)34(42)24-12-7-4-8-13-24/h3-15,17-18,20-22,30-34,42H,16,19H2,1-2H3,(H,40,45)(H,43,44). The highest BCUT2D eigenvalue weighted by molar-refractivity contribution is 6.31. The number of hydrogen-bond acceptors (Lipinski definition) is 4. The van der Waals surface area contributed by atoms with Crippen LogP contribution in [-0.2, 0) is 15.0 Å². The lowest BCUT2D eigenvalue weighted by Gasteiger charge is -2.42. The molecular formula is C37H36Cl2N2O4. The van der Waals surface area contributed by atoms with E-state index in [1.165, 1.54) is 0 Å². The number of fused-ring (bicyclic) bond motifs is 2. The van der Waals surface area contributed by atoms with Crippen molar-refractivity contribution in [3.63, 3.8) is 0 Å². The molecule has 1 saturated heterocycles. The molecule has 2 aliphatic rings. The van der Waals surface area contributed by atoms with Gasteiger partial charge in [-0.3, -0.25) is 14.5 Å². The number of carbonyl (C=O) groups is 2. The van der Waals surface area contributed by atoms with Crippen molar-refractivity contribution >= 4 is 40.8 Å². The molecule has 6 rings (SSSR count). The Labute approximate surface area is 273 Å². The number of nitrogens with zero attached hydrogens (tertiary/aromatic N) is 1. The zero-order chi connectivity index (χ0) is 31.9. The van der Waals surface area contributed by atoms with Gasteiger partial charge in [-0.1, -0.05) is 116 Å². The Morgan fingerprint density at radius 1 is 0.889 bits per heavy atom. The van der Waals surface area contributed by atoms with Crippen LogP contribution < -0.4 is 5.32 Å². The molecule has 1 amide bonds. The minimum atomic E-state index is -1.33. The van der Waals surface area contributed by atoms with Crippen molar-refractivity contribution in [1.29, 1.82) is 0 Å². The van der Waals surface area contributed by atoms with Gasteiger partial charge >= 0.3 is 5.97 Å². The molecule has 2 heterocycles. The lowest BCUT2D eigenvalue weighted by molar-refractivity contribution is -0.145. The Hall–Kier alpha value is -3.68. The third-order valence-electron chi connectivity index (χ3n) is 9.44. The summed E-state index contributed by atoms with van der Waals surface area (Å²) in [5.74, 6) is -1.93. The van der Waals surface area contributed by atoms with Crippen LogP contribution in [0.15, 0.2) is 103 Å². The molecule has 0 bridgehead atoms. The fraction of sp³-hybridized carbons (Fsp3) is 0.297. The van der Waals surface area contributed by atoms with E-state index in [0.717, 1.165) is 12.0 Å². The van der Waals surface area contributed by atoms with Crippen LogP contribution in [0.5, 0.6) is 0 Å². The van der Waals surface area contributed by atoms with E-state index >= 15 is 0 Å². The molecule has 1 fully saturated rings. The molecular weight excluding hydrogens is 607 g/mol. The van der Waals surface area contributed by atoms with Crippen molar-refractivity contribution in [2.24, 2.45) is 5.92 Å². The maximum Gasteiger partial charge on any atom is 0.321 e. The van der Waals surface area contributed by atoms with Crippen molar-refractivity contribution in [3.8, 4) is 0 Å². The Morgan fingerprint density at radius 2 is 1.53 bits per heavy atom. The van der Waals surface area contributed by atoms with Gasteiger partial charge in [0.1, 0.15) is 11.5 Å². The Morgan fingerprint density at radius 3 is 2.16 bits per heavy atom. The molecule has 2 aliphatic heterocycles. The van der Waals surface area contributed by atoms with Gasteiger partial charge in [0.25, 0.3) is 0 Å². The van der Waals surface area contributed by atoms with Crippen LogP contribution in [-0.4, -0.2) is 39.1 Å². The highest BCUT2D eigenvalue weighted by Gasteiger charge is 2.69. The number of nitrogens with one attached hydrogen (secondary N) is 1. The predicted octanol–water partition coefficient (Wildman–Crippen LogP) is 8.02. The summed E-state index contributed by atoms with van der Waals surface area (Å²) in [6.45, 7) is 4.23. The summed E-state index contributed by atoms with van der Waals surface area (Å²) >= 11 is 13.0. The van der Waals surface area contributed by atoms with E-state index in [1.807, 2.05) is 77.7 Å². The fourth-order valence-electron chi connectivity index (χ4n) is 7.68. The van der Waals surface area contributed by atoms with Crippen LogP contribution in [0.3, 0.4) is 0 Å². The van der Waals surface area contributed by atoms with E-state index in [4.69, 9.17) is 23.2 Å². The van der Waals surface area contributed by atoms with Crippen LogP contribution in [0.4, 0.5) is 5.69 Å². The second-order valence-corrected chi connectivity index (χ2v) is 13.3. The largest absolute Gasteiger partial charge is 0.480 e. The molecule has 3 N–H and O–H groups in total. The number of rotatable bonds is 9. The summed E-state index contributed by atoms with van der Waals surface area (Å²) in [6.07, 6.45) is 0.150. The van der Waals surface area contributed by atoms with Crippen LogP contribution in [0.2, 0.25) is 10.0 Å². The first kappa shape index (κ1) is 31.3. The maximum absolute atomic E-state index is 14.7. The number of anilines is 1. The van der Waals surface area contributed by atoms with E-state index in [2.05, 4.69) is 19.2 Å². The molecule has 8 heteroatoms. The number of likely N-dealkylation sites (tertiary alicyclic amines) is 1. The number of benzene rings is 4. The topological polar surface area (TPSA) is 89.9 Å². The van der Waals surface area contributed by atoms with Gasteiger partial charge in [-0.25, -0.2) is 0 Å². The summed E-state index contributed by atoms with van der Waals surface area (Å²) in [5.41, 5.74) is 2.00. The minimum Gasteiger partial charge on any atom is -0.480 e. The number of carbonyl (C=O) groups excluding carboxylic acids is 1. The number of aliphatic hydroxyl groups is 1. The van der Waals surface area contributed by atoms with Crippen molar-refractivity contribution in [1.82, 2.24) is 4.90 Å². The first-order valence-corrected chi connectivity index (χ1v) is 16.0. The van der Waals surface area contributed by atoms with Gasteiger partial charge in [-0.15, -0.1) is 0 Å². The lowest BCUT2D eigenvalue weighted by Crippen LogP contribution is -2.51. The molecule has 6 unspecified atom stereocenters. The average Bonchev–Trinajstić information content (AvgIpc) is 3.48. The second kappa shape index (κ2) is 12.6. The number of carboxylic acids is 1. The van der Waals surface area contributed by atoms with Crippen molar-refractivity contribution in [2.45, 2.75) is 62.3 Å². The van der Waals surface area contributed by atoms with Gasteiger partial charge in [0.15, 0.2) is 0 Å². The van der Waals surface area contributed by atoms with Gasteiger partial charge < -0.3 is 15.5 Å². The summed E-state index contributed by atoms with van der Waals surface area (Å²) in [6, 6.07) is 28.7. The molecule has 1 spiro atoms. The molecule has 0 saturated carbocycles. The fourth-order valence-corrected chi connectivity index (χ4v) is 8.05. The summed E-state index contributed by atoms with van der Waals surface area (Å²) in [4.78, 5) is 30.4. The van der Waals surface area contributed by atoms with E-state index in [9.17, 15) is 19.8 Å². The smallest absolute Gasteiger partial charge is 0.321 e. The van der Waals surface area contributed by atoms with Crippen molar-refractivity contribution in [2.75, 3.05) is 5.32 Å². The molecule has 6 atom stereocenters. The molecule has 0 aromatic heterocycles. The zero-order valence-corrected chi connectivity index (χ0v) is 26.6. The van der Waals surface area contributed by atoms with Gasteiger partial charge in [0, 0.05) is 27.7 Å². The first-order chi connectivity index (χ1) is 21.6. The Balaban J connectivity index is 1.69. The predicted molar refractivity (Wildman–Crippen MR) is 178 cm³/mol. The van der Waals surface area contributed by atoms with Crippen molar-refractivity contribution in [3.05, 3.63) is 135 Å². The normalized spacial score (nSPS) is 24.0. The number of carboxylic acid groups (broad SMARTS) is 1. The van der Waals surface area contributed by atoms with E-state index in [0.29, 0.717) is 38.8 Å². The minimum absolute atomic E-state index is 0.278. The molecule has 4 aromatic carbocycles. The third kappa shape index (κ3) is 5.44. The van der Waals surface area contributed by atoms with Crippen molar-refractivity contribution < 1.29 is 19.8 Å². The summed E-state index contributed by atoms with van der Waals surface area (Å²) in [7, 11) is 0. The first-order valence-electron chi connectivity index (χ1n) is 15.3. The summed E-state index contributed by atoms with van der Waals surface area (Å²) < 4.78 is 0. The highest BCUT2D eigenvalue weighted by Crippen LogP contribution is 2.62. The van der Waals surface area contributed by atoms with Crippen LogP contribution in [0.1, 0.15) is 67.0 Å². The molecule has 0 radical (unpaired) electrons. The maximum atomic E-state index is 14.7. The number of hydrogen-bond donors (Lipinski definition) is 3. The average molecular weight is 644 g/mol. The summed E-state index contributed by atoms with van der Waals surface area (Å²) in [5, 5.41) is 27.5. The van der Waals surface area contributed by atoms with E-state index in [-0.39, 0.29) is 11.8 Å². The van der Waals surface area contributed by atoms with Gasteiger partial charge in [-0.2, -0.15) is 0 Å². The zero-order valence-electron chi connectivity index (χ0n) is 25.1. The van der Waals surface area contributed by atoms with Crippen LogP contribution >= 0.6 is 23.2 Å². The monoisotopic (exact) mass is 642 g/mol. The van der Waals surface area contributed by atoms with Gasteiger partial charge in [0.2, 0.25) is 5.91 Å². The molecule has 0 aliphatic carbocycles. The van der Waals surface area contributed by atoms with Crippen LogP contribution in [0, 0.1) is 5.92 Å². The SMILES string of the molecule is CC(C)CCC1N(C(c2ccccc2)C(O)c2ccccc2)C(C(=O)O)C(c2cccc(Cl)c2)C12C(=O)Nc1cc(Cl)ccc12. The Bertz CT molecular complexity index is 1700. The number of aliphatic carboxylic acids is 1. The Kier molecular flexibility index (Phi) is 8.77. The molecule has 6 nitrogen and oxygen atoms in total. The molecule has 4 aromatic rings. The van der Waals surface area contributed by atoms with Crippen LogP contribution in [0.25, 0.3) is 0 Å². The molecule has 45 heavy (non-hydrogen) atoms. The third-order valence-corrected chi connectivity index (χ3v) is 9.92. The number of amides is 1. The van der Waals surface area contributed by atoms with E-state index in [1.54, 1.807) is 30.3 Å². The lowest BCUT2D eigenvalue weighted by atomic mass is 9.64. The number of halogens is 2.